The van der Waals surface area contributed by atoms with Crippen LogP contribution in [0.25, 0.3) is 0 Å². The lowest BCUT2D eigenvalue weighted by Crippen LogP contribution is -2.20. The summed E-state index contributed by atoms with van der Waals surface area (Å²) in [7, 11) is 0. The van der Waals surface area contributed by atoms with Crippen LogP contribution in [0.2, 0.25) is 5.02 Å². The molecule has 0 bridgehead atoms. The molecule has 0 spiro atoms. The first-order valence-electron chi connectivity index (χ1n) is 5.58. The van der Waals surface area contributed by atoms with E-state index < -0.39 is 11.9 Å². The van der Waals surface area contributed by atoms with Gasteiger partial charge in [0.05, 0.1) is 5.92 Å². The molecule has 0 aromatic heterocycles. The lowest BCUT2D eigenvalue weighted by atomic mass is 9.83. The molecule has 0 heterocycles. The van der Waals surface area contributed by atoms with Gasteiger partial charge in [0, 0.05) is 5.02 Å². The summed E-state index contributed by atoms with van der Waals surface area (Å²) in [6.07, 6.45) is 1.74. The molecular weight excluding hydrogens is 224 g/mol. The molecule has 1 N–H and O–H groups in total. The van der Waals surface area contributed by atoms with E-state index in [-0.39, 0.29) is 5.92 Å². The van der Waals surface area contributed by atoms with Gasteiger partial charge >= 0.3 is 5.97 Å². The Kier molecular flexibility index (Phi) is 4.81. The molecule has 1 aromatic rings. The van der Waals surface area contributed by atoms with Gasteiger partial charge in [-0.3, -0.25) is 4.79 Å². The van der Waals surface area contributed by atoms with Gasteiger partial charge in [-0.05, 0) is 23.6 Å². The number of carboxylic acid groups (broad SMARTS) is 1. The van der Waals surface area contributed by atoms with Crippen LogP contribution in [0.5, 0.6) is 0 Å². The Morgan fingerprint density at radius 2 is 1.75 bits per heavy atom. The van der Waals surface area contributed by atoms with E-state index in [9.17, 15) is 9.90 Å². The highest BCUT2D eigenvalue weighted by Crippen LogP contribution is 2.30. The summed E-state index contributed by atoms with van der Waals surface area (Å²) in [4.78, 5) is 11.3. The first kappa shape index (κ1) is 13.0. The number of hydrogen-bond acceptors (Lipinski definition) is 1. The second-order valence-electron chi connectivity index (χ2n) is 3.94. The van der Waals surface area contributed by atoms with Crippen LogP contribution in [0, 0.1) is 5.92 Å². The molecular formula is C13H17ClO2. The van der Waals surface area contributed by atoms with Crippen molar-refractivity contribution in [3.05, 3.63) is 34.9 Å². The first-order chi connectivity index (χ1) is 7.60. The number of carbonyl (C=O) groups is 1. The van der Waals surface area contributed by atoms with Crippen molar-refractivity contribution in [3.63, 3.8) is 0 Å². The molecule has 0 aliphatic carbocycles. The average molecular weight is 241 g/mol. The zero-order valence-corrected chi connectivity index (χ0v) is 10.4. The quantitative estimate of drug-likeness (QED) is 0.846. The molecule has 0 saturated carbocycles. The number of carboxylic acids is 1. The zero-order chi connectivity index (χ0) is 12.1. The fraction of sp³-hybridized carbons (Fsp3) is 0.462. The van der Waals surface area contributed by atoms with Crippen molar-refractivity contribution in [2.75, 3.05) is 0 Å². The van der Waals surface area contributed by atoms with E-state index in [1.165, 1.54) is 0 Å². The number of rotatable bonds is 5. The second kappa shape index (κ2) is 5.90. The standard InChI is InChI=1S/C13H17ClO2/c1-3-9(4-2)12(13(15)16)10-5-7-11(14)8-6-10/h5-9,12H,3-4H2,1-2H3,(H,15,16). The smallest absolute Gasteiger partial charge is 0.311 e. The van der Waals surface area contributed by atoms with Crippen LogP contribution < -0.4 is 0 Å². The van der Waals surface area contributed by atoms with Crippen molar-refractivity contribution in [2.45, 2.75) is 32.6 Å². The van der Waals surface area contributed by atoms with Crippen molar-refractivity contribution in [1.29, 1.82) is 0 Å². The molecule has 1 atom stereocenters. The summed E-state index contributed by atoms with van der Waals surface area (Å²) >= 11 is 5.80. The summed E-state index contributed by atoms with van der Waals surface area (Å²) in [5, 5.41) is 9.93. The van der Waals surface area contributed by atoms with E-state index in [0.29, 0.717) is 5.02 Å². The van der Waals surface area contributed by atoms with Crippen LogP contribution in [0.15, 0.2) is 24.3 Å². The molecule has 16 heavy (non-hydrogen) atoms. The minimum atomic E-state index is -0.754. The number of halogens is 1. The highest BCUT2D eigenvalue weighted by molar-refractivity contribution is 6.30. The lowest BCUT2D eigenvalue weighted by Gasteiger charge is -2.21. The third-order valence-corrected chi connectivity index (χ3v) is 3.27. The predicted octanol–water partition coefficient (Wildman–Crippen LogP) is 3.94. The first-order valence-corrected chi connectivity index (χ1v) is 5.96. The molecule has 3 heteroatoms. The van der Waals surface area contributed by atoms with Gasteiger partial charge in [-0.15, -0.1) is 0 Å². The van der Waals surface area contributed by atoms with Crippen LogP contribution in [-0.2, 0) is 4.79 Å². The van der Waals surface area contributed by atoms with Crippen LogP contribution in [0.3, 0.4) is 0 Å². The van der Waals surface area contributed by atoms with Gasteiger partial charge in [0.15, 0.2) is 0 Å². The highest BCUT2D eigenvalue weighted by atomic mass is 35.5. The maximum absolute atomic E-state index is 11.3. The van der Waals surface area contributed by atoms with Crippen LogP contribution in [0.4, 0.5) is 0 Å². The fourth-order valence-corrected chi connectivity index (χ4v) is 2.17. The van der Waals surface area contributed by atoms with Gasteiger partial charge in [0.1, 0.15) is 0 Å². The minimum absolute atomic E-state index is 0.179. The van der Waals surface area contributed by atoms with Crippen molar-refractivity contribution in [1.82, 2.24) is 0 Å². The van der Waals surface area contributed by atoms with E-state index in [2.05, 4.69) is 0 Å². The summed E-state index contributed by atoms with van der Waals surface area (Å²) in [5.74, 6) is -0.998. The molecule has 1 rings (SSSR count). The maximum atomic E-state index is 11.3. The largest absolute Gasteiger partial charge is 0.481 e. The van der Waals surface area contributed by atoms with E-state index in [4.69, 9.17) is 11.6 Å². The predicted molar refractivity (Wildman–Crippen MR) is 65.9 cm³/mol. The highest BCUT2D eigenvalue weighted by Gasteiger charge is 2.27. The van der Waals surface area contributed by atoms with Crippen molar-refractivity contribution < 1.29 is 9.90 Å². The molecule has 1 unspecified atom stereocenters. The van der Waals surface area contributed by atoms with Gasteiger partial charge < -0.3 is 5.11 Å². The van der Waals surface area contributed by atoms with Crippen molar-refractivity contribution in [3.8, 4) is 0 Å². The van der Waals surface area contributed by atoms with Crippen LogP contribution in [0.1, 0.15) is 38.2 Å². The van der Waals surface area contributed by atoms with E-state index in [0.717, 1.165) is 18.4 Å². The van der Waals surface area contributed by atoms with Gasteiger partial charge in [0.25, 0.3) is 0 Å². The Balaban J connectivity index is 3.02. The van der Waals surface area contributed by atoms with Crippen LogP contribution in [-0.4, -0.2) is 11.1 Å². The molecule has 0 aliphatic heterocycles. The Morgan fingerprint density at radius 1 is 1.25 bits per heavy atom. The lowest BCUT2D eigenvalue weighted by molar-refractivity contribution is -0.140. The van der Waals surface area contributed by atoms with Gasteiger partial charge in [-0.25, -0.2) is 0 Å². The van der Waals surface area contributed by atoms with Crippen molar-refractivity contribution >= 4 is 17.6 Å². The van der Waals surface area contributed by atoms with Crippen molar-refractivity contribution in [2.24, 2.45) is 5.92 Å². The van der Waals surface area contributed by atoms with Crippen LogP contribution >= 0.6 is 11.6 Å². The number of hydrogen-bond donors (Lipinski definition) is 1. The zero-order valence-electron chi connectivity index (χ0n) is 9.61. The SMILES string of the molecule is CCC(CC)C(C(=O)O)c1ccc(Cl)cc1. The van der Waals surface area contributed by atoms with E-state index >= 15 is 0 Å². The summed E-state index contributed by atoms with van der Waals surface area (Å²) in [6.45, 7) is 4.06. The second-order valence-corrected chi connectivity index (χ2v) is 4.38. The molecule has 2 nitrogen and oxygen atoms in total. The number of benzene rings is 1. The van der Waals surface area contributed by atoms with E-state index in [1.54, 1.807) is 24.3 Å². The Morgan fingerprint density at radius 3 is 2.12 bits per heavy atom. The third kappa shape index (κ3) is 2.99. The average Bonchev–Trinajstić information content (AvgIpc) is 2.27. The number of aliphatic carboxylic acids is 1. The van der Waals surface area contributed by atoms with Gasteiger partial charge in [0.2, 0.25) is 0 Å². The normalized spacial score (nSPS) is 12.8. The monoisotopic (exact) mass is 240 g/mol. The minimum Gasteiger partial charge on any atom is -0.481 e. The van der Waals surface area contributed by atoms with E-state index in [1.807, 2.05) is 13.8 Å². The Labute approximate surface area is 101 Å². The summed E-state index contributed by atoms with van der Waals surface area (Å²) in [5.41, 5.74) is 0.839. The molecule has 88 valence electrons. The summed E-state index contributed by atoms with van der Waals surface area (Å²) < 4.78 is 0. The molecule has 0 saturated heterocycles. The molecule has 0 radical (unpaired) electrons. The summed E-state index contributed by atoms with van der Waals surface area (Å²) in [6, 6.07) is 7.10. The maximum Gasteiger partial charge on any atom is 0.311 e. The Hall–Kier alpha value is -1.02. The molecule has 1 aromatic carbocycles. The molecule has 0 amide bonds. The van der Waals surface area contributed by atoms with Gasteiger partial charge in [-0.1, -0.05) is 50.4 Å². The molecule has 0 fully saturated rings. The fourth-order valence-electron chi connectivity index (χ4n) is 2.05. The Bertz CT molecular complexity index is 341. The third-order valence-electron chi connectivity index (χ3n) is 3.02. The molecule has 0 aliphatic rings. The topological polar surface area (TPSA) is 37.3 Å². The van der Waals surface area contributed by atoms with Gasteiger partial charge in [-0.2, -0.15) is 0 Å².